The van der Waals surface area contributed by atoms with Crippen LogP contribution in [-0.2, 0) is 10.3 Å². The molecule has 8 nitrogen and oxygen atoms in total. The molecule has 1 aromatic rings. The summed E-state index contributed by atoms with van der Waals surface area (Å²) in [5.41, 5.74) is 8.22. The number of H-pyrrole nitrogens is 1. The van der Waals surface area contributed by atoms with Crippen LogP contribution in [0.4, 0.5) is 19.0 Å². The predicted octanol–water partition coefficient (Wildman–Crippen LogP) is 3.16. The van der Waals surface area contributed by atoms with Crippen LogP contribution in [0.15, 0.2) is 22.4 Å². The fraction of sp³-hybridized carbons (Fsp3) is 0.684. The molecule has 1 unspecified atom stereocenters. The summed E-state index contributed by atoms with van der Waals surface area (Å²) < 4.78 is 36.3. The highest BCUT2D eigenvalue weighted by Gasteiger charge is 2.44. The molecule has 1 aromatic heterocycles. The Morgan fingerprint density at radius 1 is 1.40 bits per heavy atom. The van der Waals surface area contributed by atoms with Gasteiger partial charge in [-0.1, -0.05) is 0 Å². The highest BCUT2D eigenvalue weighted by atomic mass is 19.4. The van der Waals surface area contributed by atoms with Crippen LogP contribution in [0, 0.1) is 17.4 Å². The molecule has 1 aliphatic heterocycles. The van der Waals surface area contributed by atoms with Gasteiger partial charge in [0.1, 0.15) is 23.9 Å². The van der Waals surface area contributed by atoms with Gasteiger partial charge in [0.15, 0.2) is 0 Å². The van der Waals surface area contributed by atoms with E-state index in [9.17, 15) is 18.0 Å². The van der Waals surface area contributed by atoms with E-state index in [4.69, 9.17) is 5.53 Å². The van der Waals surface area contributed by atoms with Gasteiger partial charge in [0, 0.05) is 11.8 Å². The number of carbonyl (C=O) groups excluding carboxylic acids is 1. The number of amides is 1. The Balaban J connectivity index is 1.47. The first-order valence-corrected chi connectivity index (χ1v) is 10.1. The molecule has 30 heavy (non-hydrogen) atoms. The summed E-state index contributed by atoms with van der Waals surface area (Å²) in [4.78, 5) is 19.3. The minimum atomic E-state index is -4.40. The summed E-state index contributed by atoms with van der Waals surface area (Å²) in [5.74, 6) is 0.781. The lowest BCUT2D eigenvalue weighted by atomic mass is 9.71. The number of nitrogens with zero attached hydrogens (tertiary/aromatic N) is 2. The van der Waals surface area contributed by atoms with Gasteiger partial charge in [-0.2, -0.15) is 18.3 Å². The molecular weight excluding hydrogens is 399 g/mol. The molecule has 0 radical (unpaired) electrons. The van der Waals surface area contributed by atoms with Crippen LogP contribution < -0.4 is 16.0 Å². The smallest absolute Gasteiger partial charge is 0.348 e. The van der Waals surface area contributed by atoms with E-state index in [1.54, 1.807) is 6.34 Å². The Bertz CT molecular complexity index is 770. The Labute approximate surface area is 173 Å². The largest absolute Gasteiger partial charge is 0.405 e. The van der Waals surface area contributed by atoms with Gasteiger partial charge in [-0.3, -0.25) is 9.79 Å². The number of hydrogen-bond donors (Lipinski definition) is 5. The first-order valence-electron chi connectivity index (χ1n) is 10.1. The quantitative estimate of drug-likeness (QED) is 0.410. The van der Waals surface area contributed by atoms with Gasteiger partial charge in [0.25, 0.3) is 0 Å². The molecule has 1 aliphatic carbocycles. The fourth-order valence-electron chi connectivity index (χ4n) is 4.50. The Kier molecular flexibility index (Phi) is 6.79. The van der Waals surface area contributed by atoms with Crippen molar-refractivity contribution < 1.29 is 18.0 Å². The summed E-state index contributed by atoms with van der Waals surface area (Å²) in [7, 11) is 0. The topological polar surface area (TPSA) is 118 Å². The number of rotatable bonds is 8. The van der Waals surface area contributed by atoms with Crippen molar-refractivity contribution in [2.75, 3.05) is 25.0 Å². The second kappa shape index (κ2) is 9.15. The first-order chi connectivity index (χ1) is 14.2. The van der Waals surface area contributed by atoms with Gasteiger partial charge in [-0.05, 0) is 57.1 Å². The van der Waals surface area contributed by atoms with Crippen molar-refractivity contribution in [2.45, 2.75) is 50.4 Å². The zero-order valence-electron chi connectivity index (χ0n) is 16.9. The van der Waals surface area contributed by atoms with E-state index in [1.165, 1.54) is 0 Å². The second-order valence-corrected chi connectivity index (χ2v) is 8.19. The number of hydrogen-bond acceptors (Lipinski definition) is 6. The average molecular weight is 427 g/mol. The molecule has 11 heteroatoms. The Morgan fingerprint density at radius 3 is 2.80 bits per heavy atom. The summed E-state index contributed by atoms with van der Waals surface area (Å²) in [6.07, 6.45) is 2.69. The van der Waals surface area contributed by atoms with E-state index in [2.05, 4.69) is 25.7 Å². The van der Waals surface area contributed by atoms with Crippen LogP contribution >= 0.6 is 0 Å². The van der Waals surface area contributed by atoms with Crippen LogP contribution in [0.25, 0.3) is 0 Å². The van der Waals surface area contributed by atoms with Crippen LogP contribution in [0.3, 0.4) is 0 Å². The minimum absolute atomic E-state index is 0.128. The van der Waals surface area contributed by atoms with Crippen molar-refractivity contribution in [1.29, 1.82) is 5.53 Å². The molecular formula is C19H28F3N7O. The number of fused-ring (bicyclic) bond motifs is 1. The van der Waals surface area contributed by atoms with Gasteiger partial charge < -0.3 is 20.9 Å². The standard InChI is InChI=1S/C19H28F3N7O/c1-18(14-6-7-25-17(14)27-11-28-18)16(29-23)13-4-2-12(3-5-13)8-24-9-15(30)26-10-19(20,21)22/h6-7,11-13,16,23-25H,2-5,8-10H2,1H3,(H,26,30)(H,27,28)/t12?,13?,16?,18-/m0/s1. The molecule has 3 rings (SSSR count). The van der Waals surface area contributed by atoms with E-state index in [-0.39, 0.29) is 18.5 Å². The third kappa shape index (κ3) is 5.18. The predicted molar refractivity (Wildman–Crippen MR) is 107 cm³/mol. The van der Waals surface area contributed by atoms with Crippen LogP contribution in [0.1, 0.15) is 38.2 Å². The van der Waals surface area contributed by atoms with Gasteiger partial charge in [0.2, 0.25) is 5.91 Å². The van der Waals surface area contributed by atoms with Crippen molar-refractivity contribution in [2.24, 2.45) is 21.9 Å². The molecule has 0 saturated heterocycles. The van der Waals surface area contributed by atoms with E-state index in [0.717, 1.165) is 37.1 Å². The van der Waals surface area contributed by atoms with E-state index in [1.807, 2.05) is 24.5 Å². The minimum Gasteiger partial charge on any atom is -0.348 e. The molecule has 0 bridgehead atoms. The van der Waals surface area contributed by atoms with Crippen molar-refractivity contribution >= 4 is 18.1 Å². The molecule has 0 aromatic carbocycles. The van der Waals surface area contributed by atoms with E-state index < -0.39 is 24.2 Å². The van der Waals surface area contributed by atoms with Crippen molar-refractivity contribution in [3.63, 3.8) is 0 Å². The Morgan fingerprint density at radius 2 is 2.13 bits per heavy atom. The number of aliphatic imine (C=N–C) groups is 1. The van der Waals surface area contributed by atoms with E-state index >= 15 is 0 Å². The van der Waals surface area contributed by atoms with Crippen LogP contribution in [-0.4, -0.2) is 49.1 Å². The van der Waals surface area contributed by atoms with Gasteiger partial charge in [-0.15, -0.1) is 0 Å². The number of halogens is 3. The third-order valence-electron chi connectivity index (χ3n) is 6.09. The lowest BCUT2D eigenvalue weighted by molar-refractivity contribution is -0.137. The summed E-state index contributed by atoms with van der Waals surface area (Å²) in [5, 5.41) is 11.9. The number of alkyl halides is 3. The van der Waals surface area contributed by atoms with E-state index in [0.29, 0.717) is 12.5 Å². The van der Waals surface area contributed by atoms with Gasteiger partial charge in [0.05, 0.1) is 12.9 Å². The lowest BCUT2D eigenvalue weighted by Gasteiger charge is -2.40. The number of carbonyl (C=O) groups is 1. The molecule has 1 saturated carbocycles. The number of aromatic nitrogens is 1. The highest BCUT2D eigenvalue weighted by molar-refractivity contribution is 5.79. The molecule has 1 fully saturated rings. The average Bonchev–Trinajstić information content (AvgIpc) is 3.18. The third-order valence-corrected chi connectivity index (χ3v) is 6.09. The number of nitrogens with one attached hydrogen (secondary N) is 5. The molecule has 166 valence electrons. The zero-order chi connectivity index (χ0) is 21.8. The molecule has 5 N–H and O–H groups in total. The molecule has 2 atom stereocenters. The second-order valence-electron chi connectivity index (χ2n) is 8.19. The van der Waals surface area contributed by atoms with Crippen molar-refractivity contribution in [1.82, 2.24) is 15.6 Å². The molecule has 1 amide bonds. The van der Waals surface area contributed by atoms with Crippen molar-refractivity contribution in [3.8, 4) is 0 Å². The lowest BCUT2D eigenvalue weighted by Crippen LogP contribution is -2.43. The maximum absolute atomic E-state index is 12.1. The molecule has 0 spiro atoms. The zero-order valence-corrected chi connectivity index (χ0v) is 16.9. The van der Waals surface area contributed by atoms with Crippen LogP contribution in [0.5, 0.6) is 0 Å². The van der Waals surface area contributed by atoms with Gasteiger partial charge >= 0.3 is 6.18 Å². The summed E-state index contributed by atoms with van der Waals surface area (Å²) in [6, 6.07) is 1.70. The Hall–Kier alpha value is -2.43. The highest BCUT2D eigenvalue weighted by Crippen LogP contribution is 2.44. The fourth-order valence-corrected chi connectivity index (χ4v) is 4.50. The first kappa shape index (κ1) is 22.3. The maximum Gasteiger partial charge on any atom is 0.405 e. The number of anilines is 1. The molecule has 2 heterocycles. The SMILES string of the molecule is C[C@]1(C(N=N)C2CCC(CNCC(=O)NCC(F)(F)F)CC2)N=CNc2[nH]ccc21. The number of aromatic amines is 1. The normalized spacial score (nSPS) is 27.1. The van der Waals surface area contributed by atoms with Crippen LogP contribution in [0.2, 0.25) is 0 Å². The van der Waals surface area contributed by atoms with Crippen molar-refractivity contribution in [3.05, 3.63) is 17.8 Å². The monoisotopic (exact) mass is 427 g/mol. The summed E-state index contributed by atoms with van der Waals surface area (Å²) in [6.45, 7) is 1.15. The maximum atomic E-state index is 12.1. The molecule has 2 aliphatic rings. The summed E-state index contributed by atoms with van der Waals surface area (Å²) >= 11 is 0. The van der Waals surface area contributed by atoms with Gasteiger partial charge in [-0.25, -0.2) is 5.53 Å².